The number of hydrogen-bond acceptors (Lipinski definition) is 1. The van der Waals surface area contributed by atoms with Gasteiger partial charge in [-0.3, -0.25) is 4.79 Å². The topological polar surface area (TPSA) is 20.3 Å². The fourth-order valence-electron chi connectivity index (χ4n) is 2.31. The number of hydrogen-bond donors (Lipinski definition) is 0. The average Bonchev–Trinajstić information content (AvgIpc) is 2.77. The molecule has 0 bridgehead atoms. The molecule has 1 aliphatic heterocycles. The fraction of sp³-hybridized carbons (Fsp3) is 0.125. The van der Waals surface area contributed by atoms with Gasteiger partial charge in [-0.1, -0.05) is 37.3 Å². The number of carbonyl (C=O) groups is 1. The van der Waals surface area contributed by atoms with Crippen molar-refractivity contribution in [3.63, 3.8) is 0 Å². The Balaban J connectivity index is 1.93. The van der Waals surface area contributed by atoms with E-state index in [1.54, 1.807) is 0 Å². The van der Waals surface area contributed by atoms with Crippen molar-refractivity contribution in [2.45, 2.75) is 13.5 Å². The molecule has 3 rings (SSSR count). The molecule has 0 fully saturated rings. The van der Waals surface area contributed by atoms with Gasteiger partial charge in [-0.15, -0.1) is 0 Å². The minimum Gasteiger partial charge on any atom is -0.304 e. The molecule has 0 atom stereocenters. The number of nitrogens with zero attached hydrogens (tertiary/aromatic N) is 1. The van der Waals surface area contributed by atoms with Crippen LogP contribution in [0, 0.1) is 6.42 Å². The Morgan fingerprint density at radius 2 is 1.78 bits per heavy atom. The summed E-state index contributed by atoms with van der Waals surface area (Å²) in [5.74, 6) is 0.0961. The van der Waals surface area contributed by atoms with Crippen molar-refractivity contribution in [1.82, 2.24) is 0 Å². The predicted octanol–water partition coefficient (Wildman–Crippen LogP) is 3.42. The van der Waals surface area contributed by atoms with E-state index >= 15 is 0 Å². The van der Waals surface area contributed by atoms with E-state index in [0.29, 0.717) is 6.54 Å². The maximum absolute atomic E-state index is 12.3. The Morgan fingerprint density at radius 3 is 2.44 bits per heavy atom. The average molecular weight is 236 g/mol. The second-order valence-electron chi connectivity index (χ2n) is 4.43. The third-order valence-electron chi connectivity index (χ3n) is 3.36. The number of amides is 1. The quantitative estimate of drug-likeness (QED) is 0.782. The zero-order chi connectivity index (χ0) is 12.5. The Bertz CT molecular complexity index is 586. The van der Waals surface area contributed by atoms with Gasteiger partial charge in [0.25, 0.3) is 5.91 Å². The second kappa shape index (κ2) is 4.30. The van der Waals surface area contributed by atoms with E-state index in [9.17, 15) is 4.79 Å². The third kappa shape index (κ3) is 1.70. The van der Waals surface area contributed by atoms with Crippen LogP contribution in [0.2, 0.25) is 0 Å². The lowest BCUT2D eigenvalue weighted by Gasteiger charge is -2.15. The van der Waals surface area contributed by atoms with Crippen LogP contribution in [-0.2, 0) is 6.54 Å². The van der Waals surface area contributed by atoms with Crippen molar-refractivity contribution in [3.8, 4) is 0 Å². The summed E-state index contributed by atoms with van der Waals surface area (Å²) in [6.07, 6.45) is 2.05. The van der Waals surface area contributed by atoms with Crippen molar-refractivity contribution in [1.29, 1.82) is 0 Å². The van der Waals surface area contributed by atoms with Gasteiger partial charge in [-0.25, -0.2) is 0 Å². The molecular formula is C16H14NO. The number of carbonyl (C=O) groups excluding carboxylic acids is 1. The summed E-state index contributed by atoms with van der Waals surface area (Å²) in [7, 11) is 0. The first-order valence-corrected chi connectivity index (χ1v) is 6.09. The molecule has 0 saturated carbocycles. The lowest BCUT2D eigenvalue weighted by Crippen LogP contribution is -2.22. The van der Waals surface area contributed by atoms with E-state index in [0.717, 1.165) is 16.8 Å². The van der Waals surface area contributed by atoms with Crippen molar-refractivity contribution >= 4 is 11.6 Å². The van der Waals surface area contributed by atoms with Crippen LogP contribution in [0.15, 0.2) is 48.5 Å². The Labute approximate surface area is 107 Å². The lowest BCUT2D eigenvalue weighted by atomic mass is 10.1. The minimum absolute atomic E-state index is 0.0961. The predicted molar refractivity (Wildman–Crippen MR) is 72.5 cm³/mol. The van der Waals surface area contributed by atoms with Crippen LogP contribution in [0.1, 0.15) is 28.4 Å². The zero-order valence-electron chi connectivity index (χ0n) is 10.3. The van der Waals surface area contributed by atoms with Gasteiger partial charge in [-0.05, 0) is 35.7 Å². The minimum atomic E-state index is 0.0961. The smallest absolute Gasteiger partial charge is 0.258 e. The van der Waals surface area contributed by atoms with Crippen molar-refractivity contribution in [2.75, 3.05) is 4.90 Å². The Hall–Kier alpha value is -2.09. The van der Waals surface area contributed by atoms with E-state index in [2.05, 4.69) is 0 Å². The van der Waals surface area contributed by atoms with E-state index < -0.39 is 0 Å². The molecule has 89 valence electrons. The van der Waals surface area contributed by atoms with Gasteiger partial charge in [0, 0.05) is 11.3 Å². The van der Waals surface area contributed by atoms with E-state index in [1.165, 1.54) is 5.56 Å². The first kappa shape index (κ1) is 11.0. The summed E-state index contributed by atoms with van der Waals surface area (Å²) in [4.78, 5) is 14.1. The molecule has 0 saturated heterocycles. The van der Waals surface area contributed by atoms with Gasteiger partial charge in [0.05, 0.1) is 6.54 Å². The highest BCUT2D eigenvalue weighted by Crippen LogP contribution is 2.28. The maximum Gasteiger partial charge on any atom is 0.258 e. The molecule has 2 aromatic rings. The molecule has 0 aromatic heterocycles. The first-order chi connectivity index (χ1) is 8.79. The molecule has 0 aliphatic carbocycles. The summed E-state index contributed by atoms with van der Waals surface area (Å²) in [5.41, 5.74) is 4.06. The molecule has 2 aromatic carbocycles. The Kier molecular flexibility index (Phi) is 2.63. The van der Waals surface area contributed by atoms with Crippen LogP contribution in [0.25, 0.3) is 0 Å². The molecule has 2 nitrogen and oxygen atoms in total. The van der Waals surface area contributed by atoms with E-state index in [4.69, 9.17) is 0 Å². The first-order valence-electron chi connectivity index (χ1n) is 6.09. The van der Waals surface area contributed by atoms with E-state index in [1.807, 2.05) is 66.8 Å². The maximum atomic E-state index is 12.3. The van der Waals surface area contributed by atoms with Crippen molar-refractivity contribution < 1.29 is 4.79 Å². The van der Waals surface area contributed by atoms with Crippen LogP contribution in [0.4, 0.5) is 5.69 Å². The van der Waals surface area contributed by atoms with Crippen LogP contribution >= 0.6 is 0 Å². The monoisotopic (exact) mass is 236 g/mol. The molecule has 2 heteroatoms. The normalized spacial score (nSPS) is 13.8. The summed E-state index contributed by atoms with van der Waals surface area (Å²) in [6.45, 7) is 2.68. The van der Waals surface area contributed by atoms with Crippen LogP contribution in [0.3, 0.4) is 0 Å². The molecule has 1 heterocycles. The van der Waals surface area contributed by atoms with Crippen molar-refractivity contribution in [2.24, 2.45) is 0 Å². The second-order valence-corrected chi connectivity index (χ2v) is 4.43. The molecule has 0 N–H and O–H groups in total. The van der Waals surface area contributed by atoms with Crippen LogP contribution in [0.5, 0.6) is 0 Å². The Morgan fingerprint density at radius 1 is 1.06 bits per heavy atom. The molecule has 0 unspecified atom stereocenters. The van der Waals surface area contributed by atoms with Gasteiger partial charge in [0.15, 0.2) is 0 Å². The fourth-order valence-corrected chi connectivity index (χ4v) is 2.31. The van der Waals surface area contributed by atoms with Gasteiger partial charge >= 0.3 is 0 Å². The largest absolute Gasteiger partial charge is 0.304 e. The molecule has 1 radical (unpaired) electrons. The van der Waals surface area contributed by atoms with Gasteiger partial charge in [-0.2, -0.15) is 0 Å². The van der Waals surface area contributed by atoms with Gasteiger partial charge in [0.1, 0.15) is 0 Å². The summed E-state index contributed by atoms with van der Waals surface area (Å²) in [6, 6.07) is 15.9. The summed E-state index contributed by atoms with van der Waals surface area (Å²) < 4.78 is 0. The summed E-state index contributed by atoms with van der Waals surface area (Å²) in [5, 5.41) is 0. The van der Waals surface area contributed by atoms with E-state index in [-0.39, 0.29) is 5.91 Å². The summed E-state index contributed by atoms with van der Waals surface area (Å²) >= 11 is 0. The number of fused-ring (bicyclic) bond motifs is 1. The lowest BCUT2D eigenvalue weighted by molar-refractivity contribution is 0.0996. The molecule has 0 spiro atoms. The molecule has 1 amide bonds. The highest BCUT2D eigenvalue weighted by atomic mass is 16.2. The van der Waals surface area contributed by atoms with Gasteiger partial charge in [0.2, 0.25) is 0 Å². The SMILES string of the molecule is C[CH]c1ccc(N2Cc3ccccc3C2=O)cc1. The van der Waals surface area contributed by atoms with Gasteiger partial charge < -0.3 is 4.90 Å². The standard InChI is InChI=1S/C16H14NO/c1-2-12-7-9-14(10-8-12)17-11-13-5-3-4-6-15(13)16(17)18/h2-10H,11H2,1H3. The molecular weight excluding hydrogens is 222 g/mol. The number of rotatable bonds is 2. The zero-order valence-corrected chi connectivity index (χ0v) is 10.3. The number of anilines is 1. The third-order valence-corrected chi connectivity index (χ3v) is 3.36. The highest BCUT2D eigenvalue weighted by molar-refractivity contribution is 6.09. The van der Waals surface area contributed by atoms with Crippen LogP contribution < -0.4 is 4.90 Å². The highest BCUT2D eigenvalue weighted by Gasteiger charge is 2.27. The number of benzene rings is 2. The van der Waals surface area contributed by atoms with Crippen molar-refractivity contribution in [3.05, 3.63) is 71.6 Å². The molecule has 18 heavy (non-hydrogen) atoms. The van der Waals surface area contributed by atoms with Crippen LogP contribution in [-0.4, -0.2) is 5.91 Å². The molecule has 1 aliphatic rings.